The van der Waals surface area contributed by atoms with Gasteiger partial charge in [0.15, 0.2) is 0 Å². The number of hydrogen-bond acceptors (Lipinski definition) is 2. The van der Waals surface area contributed by atoms with Crippen molar-refractivity contribution in [1.29, 1.82) is 0 Å². The van der Waals surface area contributed by atoms with Crippen LogP contribution in [0.15, 0.2) is 192 Å². The molecule has 11 rings (SSSR count). The first-order valence-corrected chi connectivity index (χ1v) is 19.1. The van der Waals surface area contributed by atoms with E-state index in [4.69, 9.17) is 4.42 Å². The van der Waals surface area contributed by atoms with Crippen molar-refractivity contribution >= 4 is 60.5 Å². The van der Waals surface area contributed by atoms with Crippen LogP contribution in [-0.4, -0.2) is 0 Å². The summed E-state index contributed by atoms with van der Waals surface area (Å²) in [5.74, 6) is 0. The van der Waals surface area contributed by atoms with Crippen LogP contribution in [0.2, 0.25) is 0 Å². The van der Waals surface area contributed by atoms with Crippen molar-refractivity contribution in [2.75, 3.05) is 4.90 Å². The molecule has 9 aromatic carbocycles. The highest BCUT2D eigenvalue weighted by Crippen LogP contribution is 2.51. The van der Waals surface area contributed by atoms with Gasteiger partial charge in [0.25, 0.3) is 0 Å². The molecule has 0 atom stereocenters. The van der Waals surface area contributed by atoms with E-state index in [2.05, 4.69) is 207 Å². The SMILES string of the molecule is CC1(C)c2ccccc2-c2cc(N(c3ccc(-c4ccc5oc6c7ccccc7ccc6c5c4)cc3)c3cccc(-c4cccc5ccccc45)c3)ccc21. The molecule has 1 aromatic heterocycles. The van der Waals surface area contributed by atoms with Crippen LogP contribution in [0.25, 0.3) is 76.9 Å². The lowest BCUT2D eigenvalue weighted by molar-refractivity contribution is 0.660. The minimum absolute atomic E-state index is 0.0558. The summed E-state index contributed by atoms with van der Waals surface area (Å²) in [5, 5.41) is 7.11. The normalized spacial score (nSPS) is 13.1. The topological polar surface area (TPSA) is 16.4 Å². The first-order chi connectivity index (χ1) is 27.0. The van der Waals surface area contributed by atoms with E-state index in [0.717, 1.165) is 55.5 Å². The van der Waals surface area contributed by atoms with Gasteiger partial charge in [-0.2, -0.15) is 0 Å². The van der Waals surface area contributed by atoms with Gasteiger partial charge in [-0.15, -0.1) is 0 Å². The average molecular weight is 704 g/mol. The molecule has 0 amide bonds. The maximum atomic E-state index is 6.43. The zero-order valence-electron chi connectivity index (χ0n) is 30.8. The molecule has 0 N–H and O–H groups in total. The lowest BCUT2D eigenvalue weighted by Gasteiger charge is -2.28. The quantitative estimate of drug-likeness (QED) is 0.177. The Bertz CT molecular complexity index is 3120. The van der Waals surface area contributed by atoms with Crippen molar-refractivity contribution in [3.05, 3.63) is 199 Å². The summed E-state index contributed by atoms with van der Waals surface area (Å²) < 4.78 is 6.43. The average Bonchev–Trinajstić information content (AvgIpc) is 3.73. The molecule has 0 bridgehead atoms. The van der Waals surface area contributed by atoms with Gasteiger partial charge < -0.3 is 9.32 Å². The van der Waals surface area contributed by atoms with Crippen molar-refractivity contribution in [3.8, 4) is 33.4 Å². The van der Waals surface area contributed by atoms with Crippen molar-refractivity contribution in [1.82, 2.24) is 0 Å². The van der Waals surface area contributed by atoms with Crippen molar-refractivity contribution in [2.24, 2.45) is 0 Å². The second kappa shape index (κ2) is 12.1. The Hall–Kier alpha value is -6.90. The summed E-state index contributed by atoms with van der Waals surface area (Å²) in [6.07, 6.45) is 0. The van der Waals surface area contributed by atoms with Gasteiger partial charge in [-0.05, 0) is 115 Å². The standard InChI is InChI=1S/C53H37NO/c1-53(2)49-20-8-7-18-45(49)47-33-41(27-29-50(47)53)54(40-15-9-14-38(31-40)43-19-10-13-35-11-3-5-16-42(35)43)39-25-21-34(22-26-39)37-24-30-51-48(32-37)46-28-23-36-12-4-6-17-44(36)52(46)55-51/h3-33H,1-2H3. The third kappa shape index (κ3) is 4.95. The monoisotopic (exact) mass is 703 g/mol. The maximum absolute atomic E-state index is 6.43. The van der Waals surface area contributed by atoms with Crippen LogP contribution < -0.4 is 4.90 Å². The number of furan rings is 1. The maximum Gasteiger partial charge on any atom is 0.143 e. The molecule has 2 nitrogen and oxygen atoms in total. The fourth-order valence-corrected chi connectivity index (χ4v) is 9.07. The lowest BCUT2D eigenvalue weighted by Crippen LogP contribution is -2.15. The van der Waals surface area contributed by atoms with Crippen molar-refractivity contribution in [2.45, 2.75) is 19.3 Å². The minimum Gasteiger partial charge on any atom is -0.455 e. The van der Waals surface area contributed by atoms with Gasteiger partial charge in [0.2, 0.25) is 0 Å². The van der Waals surface area contributed by atoms with Crippen LogP contribution in [0.5, 0.6) is 0 Å². The van der Waals surface area contributed by atoms with Gasteiger partial charge in [0.1, 0.15) is 11.2 Å². The Morgan fingerprint density at radius 3 is 1.91 bits per heavy atom. The molecule has 0 fully saturated rings. The Morgan fingerprint density at radius 2 is 1.04 bits per heavy atom. The van der Waals surface area contributed by atoms with Crippen molar-refractivity contribution in [3.63, 3.8) is 0 Å². The molecule has 260 valence electrons. The summed E-state index contributed by atoms with van der Waals surface area (Å²) in [7, 11) is 0. The highest BCUT2D eigenvalue weighted by Gasteiger charge is 2.35. The second-order valence-corrected chi connectivity index (χ2v) is 15.3. The molecule has 0 aliphatic heterocycles. The summed E-state index contributed by atoms with van der Waals surface area (Å²) in [6, 6.07) is 68.5. The van der Waals surface area contributed by atoms with Crippen LogP contribution in [0.3, 0.4) is 0 Å². The summed E-state index contributed by atoms with van der Waals surface area (Å²) in [6.45, 7) is 4.68. The lowest BCUT2D eigenvalue weighted by atomic mass is 9.82. The molecule has 1 aliphatic carbocycles. The van der Waals surface area contributed by atoms with Gasteiger partial charge in [0.05, 0.1) is 0 Å². The van der Waals surface area contributed by atoms with E-state index in [-0.39, 0.29) is 5.41 Å². The van der Waals surface area contributed by atoms with Gasteiger partial charge in [-0.1, -0.05) is 147 Å². The molecule has 1 heterocycles. The number of anilines is 3. The fourth-order valence-electron chi connectivity index (χ4n) is 9.07. The Balaban J connectivity index is 1.04. The van der Waals surface area contributed by atoms with Gasteiger partial charge in [-0.25, -0.2) is 0 Å². The number of nitrogens with zero attached hydrogens (tertiary/aromatic N) is 1. The molecule has 55 heavy (non-hydrogen) atoms. The van der Waals surface area contributed by atoms with Crippen LogP contribution >= 0.6 is 0 Å². The summed E-state index contributed by atoms with van der Waals surface area (Å²) in [5.41, 5.74) is 15.3. The zero-order chi connectivity index (χ0) is 36.7. The number of fused-ring (bicyclic) bond motifs is 9. The Kier molecular flexibility index (Phi) is 6.93. The van der Waals surface area contributed by atoms with Crippen molar-refractivity contribution < 1.29 is 4.42 Å². The number of rotatable bonds is 5. The van der Waals surface area contributed by atoms with Gasteiger partial charge in [0, 0.05) is 38.6 Å². The third-order valence-corrected chi connectivity index (χ3v) is 11.9. The summed E-state index contributed by atoms with van der Waals surface area (Å²) >= 11 is 0. The van der Waals surface area contributed by atoms with E-state index in [9.17, 15) is 0 Å². The Labute approximate surface area is 320 Å². The van der Waals surface area contributed by atoms with Crippen LogP contribution in [0.4, 0.5) is 17.1 Å². The number of benzene rings is 9. The summed E-state index contributed by atoms with van der Waals surface area (Å²) in [4.78, 5) is 2.41. The van der Waals surface area contributed by atoms with E-state index >= 15 is 0 Å². The first kappa shape index (κ1) is 31.6. The van der Waals surface area contributed by atoms with Gasteiger partial charge >= 0.3 is 0 Å². The highest BCUT2D eigenvalue weighted by molar-refractivity contribution is 6.15. The largest absolute Gasteiger partial charge is 0.455 e. The molecule has 0 saturated heterocycles. The Morgan fingerprint density at radius 1 is 0.382 bits per heavy atom. The first-order valence-electron chi connectivity index (χ1n) is 19.1. The predicted octanol–water partition coefficient (Wildman–Crippen LogP) is 15.0. The third-order valence-electron chi connectivity index (χ3n) is 11.9. The molecule has 0 saturated carbocycles. The predicted molar refractivity (Wildman–Crippen MR) is 232 cm³/mol. The molecule has 1 aliphatic rings. The zero-order valence-corrected chi connectivity index (χ0v) is 30.8. The van der Waals surface area contributed by atoms with E-state index in [1.807, 2.05) is 0 Å². The smallest absolute Gasteiger partial charge is 0.143 e. The minimum atomic E-state index is -0.0558. The highest BCUT2D eigenvalue weighted by atomic mass is 16.3. The molecular weight excluding hydrogens is 667 g/mol. The van der Waals surface area contributed by atoms with E-state index in [0.29, 0.717) is 0 Å². The fraction of sp³-hybridized carbons (Fsp3) is 0.0566. The molecule has 0 spiro atoms. The number of hydrogen-bond donors (Lipinski definition) is 0. The molecule has 10 aromatic rings. The molecule has 2 heteroatoms. The molecule has 0 radical (unpaired) electrons. The van der Waals surface area contributed by atoms with Crippen LogP contribution in [-0.2, 0) is 5.41 Å². The van der Waals surface area contributed by atoms with E-state index in [1.165, 1.54) is 49.5 Å². The van der Waals surface area contributed by atoms with E-state index in [1.54, 1.807) is 0 Å². The van der Waals surface area contributed by atoms with Crippen LogP contribution in [0.1, 0.15) is 25.0 Å². The second-order valence-electron chi connectivity index (χ2n) is 15.3. The van der Waals surface area contributed by atoms with Crippen LogP contribution in [0, 0.1) is 0 Å². The van der Waals surface area contributed by atoms with Gasteiger partial charge in [-0.3, -0.25) is 0 Å². The van der Waals surface area contributed by atoms with E-state index < -0.39 is 0 Å². The molecular formula is C53H37NO. The molecule has 0 unspecified atom stereocenters.